The average molecular weight is 276 g/mol. The highest BCUT2D eigenvalue weighted by atomic mass is 16.6. The van der Waals surface area contributed by atoms with E-state index in [0.29, 0.717) is 0 Å². The second-order valence-electron chi connectivity index (χ2n) is 4.56. The largest absolute Gasteiger partial charge is 0.477 e. The third-order valence-corrected chi connectivity index (χ3v) is 3.25. The van der Waals surface area contributed by atoms with Crippen LogP contribution in [0.15, 0.2) is 29.4 Å². The number of carbonyl (C=O) groups is 2. The Morgan fingerprint density at radius 3 is 2.55 bits per heavy atom. The fourth-order valence-corrected chi connectivity index (χ4v) is 1.93. The molecule has 1 heterocycles. The molecule has 6 nitrogen and oxygen atoms in total. The molecule has 0 spiro atoms. The third-order valence-electron chi connectivity index (χ3n) is 3.25. The minimum atomic E-state index is -1.16. The van der Waals surface area contributed by atoms with E-state index in [9.17, 15) is 9.59 Å². The predicted molar refractivity (Wildman–Crippen MR) is 73.8 cm³/mol. The molecule has 0 fully saturated rings. The molecule has 1 aliphatic rings. The first-order chi connectivity index (χ1) is 9.52. The van der Waals surface area contributed by atoms with Gasteiger partial charge in [0.1, 0.15) is 0 Å². The van der Waals surface area contributed by atoms with Crippen LogP contribution in [0.25, 0.3) is 0 Å². The van der Waals surface area contributed by atoms with Gasteiger partial charge in [-0.15, -0.1) is 0 Å². The lowest BCUT2D eigenvalue weighted by atomic mass is 10.1. The molecular weight excluding hydrogens is 260 g/mol. The van der Waals surface area contributed by atoms with Crippen LogP contribution in [0, 0.1) is 0 Å². The van der Waals surface area contributed by atoms with Crippen LogP contribution in [0.5, 0.6) is 0 Å². The molecule has 0 aliphatic carbocycles. The highest BCUT2D eigenvalue weighted by Crippen LogP contribution is 2.19. The number of carbonyl (C=O) groups excluding carboxylic acids is 1. The normalized spacial score (nSPS) is 17.3. The van der Waals surface area contributed by atoms with Gasteiger partial charge in [-0.3, -0.25) is 4.79 Å². The lowest BCUT2D eigenvalue weighted by Crippen LogP contribution is -2.37. The van der Waals surface area contributed by atoms with Crippen molar-refractivity contribution >= 4 is 23.3 Å². The second-order valence-corrected chi connectivity index (χ2v) is 4.56. The molecule has 6 heteroatoms. The molecule has 1 unspecified atom stereocenters. The van der Waals surface area contributed by atoms with E-state index in [0.717, 1.165) is 12.1 Å². The molecule has 2 rings (SSSR count). The number of amides is 1. The van der Waals surface area contributed by atoms with Crippen molar-refractivity contribution in [2.75, 3.05) is 11.9 Å². The molecule has 1 N–H and O–H groups in total. The van der Waals surface area contributed by atoms with Crippen molar-refractivity contribution in [1.82, 2.24) is 0 Å². The number of likely N-dealkylation sites (N-methyl/N-ethyl adjacent to an activating group) is 1. The average Bonchev–Trinajstić information content (AvgIpc) is 2.96. The number of carboxylic acids is 1. The van der Waals surface area contributed by atoms with E-state index >= 15 is 0 Å². The molecule has 106 valence electrons. The summed E-state index contributed by atoms with van der Waals surface area (Å²) in [5, 5.41) is 12.2. The van der Waals surface area contributed by atoms with Crippen molar-refractivity contribution in [3.63, 3.8) is 0 Å². The number of hydrogen-bond acceptors (Lipinski definition) is 4. The number of hydrogen-bond donors (Lipinski definition) is 1. The Hall–Kier alpha value is -2.37. The van der Waals surface area contributed by atoms with Gasteiger partial charge in [-0.05, 0) is 24.1 Å². The summed E-state index contributed by atoms with van der Waals surface area (Å²) in [4.78, 5) is 29.3. The number of aryl methyl sites for hydroxylation is 1. The zero-order valence-electron chi connectivity index (χ0n) is 11.4. The summed E-state index contributed by atoms with van der Waals surface area (Å²) < 4.78 is 0. The fourth-order valence-electron chi connectivity index (χ4n) is 1.93. The predicted octanol–water partition coefficient (Wildman–Crippen LogP) is 1.44. The van der Waals surface area contributed by atoms with E-state index in [-0.39, 0.29) is 18.0 Å². The Morgan fingerprint density at radius 1 is 1.40 bits per heavy atom. The van der Waals surface area contributed by atoms with Crippen LogP contribution in [-0.4, -0.2) is 35.8 Å². The van der Waals surface area contributed by atoms with Gasteiger partial charge < -0.3 is 14.8 Å². The summed E-state index contributed by atoms with van der Waals surface area (Å²) in [6.45, 7) is 2.06. The summed E-state index contributed by atoms with van der Waals surface area (Å²) in [5.74, 6) is -1.47. The van der Waals surface area contributed by atoms with Crippen molar-refractivity contribution in [1.29, 1.82) is 0 Å². The van der Waals surface area contributed by atoms with Crippen LogP contribution in [-0.2, 0) is 20.8 Å². The maximum absolute atomic E-state index is 12.2. The van der Waals surface area contributed by atoms with Gasteiger partial charge in [0.2, 0.25) is 6.10 Å². The van der Waals surface area contributed by atoms with Gasteiger partial charge in [0.05, 0.1) is 0 Å². The lowest BCUT2D eigenvalue weighted by molar-refractivity contribution is -0.129. The molecule has 0 saturated carbocycles. The molecule has 1 aromatic carbocycles. The Kier molecular flexibility index (Phi) is 4.02. The minimum absolute atomic E-state index is 0.00838. The number of oxime groups is 1. The van der Waals surface area contributed by atoms with Gasteiger partial charge in [0.15, 0.2) is 5.71 Å². The molecule has 1 amide bonds. The van der Waals surface area contributed by atoms with Crippen LogP contribution in [0.2, 0.25) is 0 Å². The summed E-state index contributed by atoms with van der Waals surface area (Å²) in [7, 11) is 1.63. The molecule has 0 radical (unpaired) electrons. The fraction of sp³-hybridized carbons (Fsp3) is 0.357. The maximum atomic E-state index is 12.2. The van der Waals surface area contributed by atoms with Gasteiger partial charge in [-0.25, -0.2) is 4.79 Å². The standard InChI is InChI=1S/C14H16N2O4/c1-3-9-4-6-10(7-5-9)16(2)13(17)12-8-11(14(18)19)15-20-12/h4-7,12H,3,8H2,1-2H3,(H,18,19). The van der Waals surface area contributed by atoms with Crippen LogP contribution in [0.1, 0.15) is 18.9 Å². The molecule has 0 aromatic heterocycles. The number of aliphatic carboxylic acids is 1. The van der Waals surface area contributed by atoms with Gasteiger partial charge in [-0.1, -0.05) is 24.2 Å². The number of carboxylic acid groups (broad SMARTS) is 1. The van der Waals surface area contributed by atoms with E-state index < -0.39 is 12.1 Å². The monoisotopic (exact) mass is 276 g/mol. The van der Waals surface area contributed by atoms with Crippen molar-refractivity contribution in [3.8, 4) is 0 Å². The smallest absolute Gasteiger partial charge is 0.353 e. The van der Waals surface area contributed by atoms with Crippen molar-refractivity contribution < 1.29 is 19.5 Å². The number of nitrogens with zero attached hydrogens (tertiary/aromatic N) is 2. The van der Waals surface area contributed by atoms with Gasteiger partial charge in [-0.2, -0.15) is 0 Å². The van der Waals surface area contributed by atoms with E-state index in [1.54, 1.807) is 7.05 Å². The van der Waals surface area contributed by atoms with Crippen molar-refractivity contribution in [2.45, 2.75) is 25.9 Å². The summed E-state index contributed by atoms with van der Waals surface area (Å²) in [6.07, 6.45) is 0.0577. The Morgan fingerprint density at radius 2 is 2.05 bits per heavy atom. The van der Waals surface area contributed by atoms with Gasteiger partial charge in [0, 0.05) is 19.2 Å². The molecular formula is C14H16N2O4. The van der Waals surface area contributed by atoms with Gasteiger partial charge >= 0.3 is 5.97 Å². The molecule has 1 atom stereocenters. The first kappa shape index (κ1) is 14.0. The molecule has 1 aliphatic heterocycles. The van der Waals surface area contributed by atoms with Crippen molar-refractivity contribution in [3.05, 3.63) is 29.8 Å². The van der Waals surface area contributed by atoms with Crippen LogP contribution in [0.3, 0.4) is 0 Å². The lowest BCUT2D eigenvalue weighted by Gasteiger charge is -2.20. The van der Waals surface area contributed by atoms with E-state index in [1.165, 1.54) is 10.5 Å². The number of benzene rings is 1. The Balaban J connectivity index is 2.04. The van der Waals surface area contributed by atoms with Crippen LogP contribution in [0.4, 0.5) is 5.69 Å². The zero-order valence-corrected chi connectivity index (χ0v) is 11.4. The summed E-state index contributed by atoms with van der Waals surface area (Å²) >= 11 is 0. The highest BCUT2D eigenvalue weighted by Gasteiger charge is 2.33. The second kappa shape index (κ2) is 5.73. The molecule has 20 heavy (non-hydrogen) atoms. The quantitative estimate of drug-likeness (QED) is 0.902. The van der Waals surface area contributed by atoms with E-state index in [4.69, 9.17) is 9.94 Å². The first-order valence-electron chi connectivity index (χ1n) is 6.35. The first-order valence-corrected chi connectivity index (χ1v) is 6.35. The SMILES string of the molecule is CCc1ccc(N(C)C(=O)C2CC(C(=O)O)=NO2)cc1. The molecule has 0 bridgehead atoms. The molecule has 0 saturated heterocycles. The van der Waals surface area contributed by atoms with E-state index in [2.05, 4.69) is 12.1 Å². The third kappa shape index (κ3) is 2.79. The highest BCUT2D eigenvalue weighted by molar-refractivity contribution is 6.36. The maximum Gasteiger partial charge on any atom is 0.353 e. The Labute approximate surface area is 116 Å². The number of anilines is 1. The van der Waals surface area contributed by atoms with Crippen LogP contribution < -0.4 is 4.90 Å². The summed E-state index contributed by atoms with van der Waals surface area (Å²) in [5.41, 5.74) is 1.79. The molecule has 1 aromatic rings. The van der Waals surface area contributed by atoms with Crippen molar-refractivity contribution in [2.24, 2.45) is 5.16 Å². The summed E-state index contributed by atoms with van der Waals surface area (Å²) in [6, 6.07) is 7.61. The minimum Gasteiger partial charge on any atom is -0.477 e. The van der Waals surface area contributed by atoms with E-state index in [1.807, 2.05) is 24.3 Å². The Bertz CT molecular complexity index is 551. The number of rotatable bonds is 4. The van der Waals surface area contributed by atoms with Crippen LogP contribution >= 0.6 is 0 Å². The van der Waals surface area contributed by atoms with Gasteiger partial charge in [0.25, 0.3) is 5.91 Å². The topological polar surface area (TPSA) is 79.2 Å². The zero-order chi connectivity index (χ0) is 14.7.